The molecule has 0 aliphatic rings. The Hall–Kier alpha value is 0.943. The lowest BCUT2D eigenvalue weighted by Gasteiger charge is -2.09. The summed E-state index contributed by atoms with van der Waals surface area (Å²) in [5.74, 6) is 0. The molecule has 0 N–H and O–H groups in total. The van der Waals surface area contributed by atoms with Crippen LogP contribution in [0.4, 0.5) is 0 Å². The van der Waals surface area contributed by atoms with Crippen molar-refractivity contribution in [3.05, 3.63) is 25.3 Å². The van der Waals surface area contributed by atoms with Crippen LogP contribution < -0.4 is 0 Å². The van der Waals surface area contributed by atoms with E-state index in [0.29, 0.717) is 20.4 Å². The van der Waals surface area contributed by atoms with Gasteiger partial charge in [-0.05, 0) is 12.1 Å². The van der Waals surface area contributed by atoms with E-state index < -0.39 is 8.80 Å². The second-order valence-electron chi connectivity index (χ2n) is 3.41. The predicted octanol–water partition coefficient (Wildman–Crippen LogP) is 3.72. The molecule has 0 saturated carbocycles. The van der Waals surface area contributed by atoms with Crippen molar-refractivity contribution in [1.82, 2.24) is 0 Å². The minimum atomic E-state index is -0.479. The summed E-state index contributed by atoms with van der Waals surface area (Å²) < 4.78 is 1.54. The first-order valence-corrected chi connectivity index (χ1v) is 9.93. The van der Waals surface area contributed by atoms with E-state index in [1.54, 1.807) is 0 Å². The summed E-state index contributed by atoms with van der Waals surface area (Å²) in [5, 5.41) is 2.40. The first-order chi connectivity index (χ1) is 5.85. The lowest BCUT2D eigenvalue weighted by atomic mass is 10.6. The fourth-order valence-corrected chi connectivity index (χ4v) is 5.33. The molecule has 0 atom stereocenters. The number of halogens is 1. The average Bonchev–Trinajstić information content (AvgIpc) is 2.06. The van der Waals surface area contributed by atoms with Crippen LogP contribution in [0, 0.1) is 0 Å². The zero-order chi connectivity index (χ0) is 9.23. The molecule has 0 aliphatic carbocycles. The molecule has 0 aromatic heterocycles. The summed E-state index contributed by atoms with van der Waals surface area (Å²) in [6, 6.07) is 4.12. The molecule has 13 heavy (non-hydrogen) atoms. The minimum Gasteiger partial charge on any atom is -0.157 e. The van der Waals surface area contributed by atoms with Gasteiger partial charge in [0.15, 0.2) is 0 Å². The van der Waals surface area contributed by atoms with E-state index in [2.05, 4.69) is 30.4 Å². The molecule has 0 rings (SSSR count). The molecule has 0 unspecified atom stereocenters. The fourth-order valence-electron chi connectivity index (χ4n) is 1.49. The van der Waals surface area contributed by atoms with E-state index in [9.17, 15) is 0 Å². The van der Waals surface area contributed by atoms with Crippen LogP contribution in [-0.4, -0.2) is 29.2 Å². The molecule has 0 spiro atoms. The van der Waals surface area contributed by atoms with Crippen molar-refractivity contribution in [3.8, 4) is 0 Å². The number of hydrogen-bond donors (Lipinski definition) is 0. The Kier molecular flexibility index (Phi) is 16.3. The highest BCUT2D eigenvalue weighted by atomic mass is 79.9. The highest BCUT2D eigenvalue weighted by Gasteiger charge is 2.05. The van der Waals surface area contributed by atoms with Gasteiger partial charge in [0.05, 0.1) is 0 Å². The number of rotatable bonds is 8. The van der Waals surface area contributed by atoms with E-state index in [4.69, 9.17) is 0 Å². The van der Waals surface area contributed by atoms with Gasteiger partial charge in [0.25, 0.3) is 0 Å². The lowest BCUT2D eigenvalue weighted by Crippen LogP contribution is -2.09. The van der Waals surface area contributed by atoms with Crippen molar-refractivity contribution in [2.45, 2.75) is 34.2 Å². The van der Waals surface area contributed by atoms with Crippen LogP contribution in [0.2, 0.25) is 27.7 Å². The maximum Gasteiger partial charge on any atom is 0.360 e. The van der Waals surface area contributed by atoms with Gasteiger partial charge in [0.1, 0.15) is 0 Å². The van der Waals surface area contributed by atoms with Gasteiger partial charge >= 0.3 is 20.4 Å². The zero-order valence-electron chi connectivity index (χ0n) is 8.80. The molecule has 0 amide bonds. The molecule has 0 radical (unpaired) electrons. The van der Waals surface area contributed by atoms with Gasteiger partial charge < -0.3 is 0 Å². The molecule has 0 aromatic rings. The topological polar surface area (TPSA) is 0 Å². The Morgan fingerprint density at radius 3 is 2.15 bits per heavy atom. The molecular formula is C10H21BrMgSi. The molecular weight excluding hydrogens is 252 g/mol. The van der Waals surface area contributed by atoms with Crippen molar-refractivity contribution in [2.75, 3.05) is 0 Å². The van der Waals surface area contributed by atoms with Crippen LogP contribution in [0.25, 0.3) is 0 Å². The highest BCUT2D eigenvalue weighted by molar-refractivity contribution is 8.93. The maximum atomic E-state index is 3.82. The lowest BCUT2D eigenvalue weighted by molar-refractivity contribution is 1.04. The van der Waals surface area contributed by atoms with E-state index >= 15 is 0 Å². The summed E-state index contributed by atoms with van der Waals surface area (Å²) in [4.78, 5) is 0. The van der Waals surface area contributed by atoms with Crippen LogP contribution in [0.5, 0.6) is 0 Å². The van der Waals surface area contributed by atoms with Crippen LogP contribution >= 0.6 is 17.0 Å². The second-order valence-corrected chi connectivity index (χ2v) is 8.37. The minimum absolute atomic E-state index is 0. The zero-order valence-corrected chi connectivity index (χ0v) is 13.1. The van der Waals surface area contributed by atoms with Gasteiger partial charge in [0, 0.05) is 8.80 Å². The van der Waals surface area contributed by atoms with E-state index in [-0.39, 0.29) is 17.0 Å². The molecule has 0 aliphatic heterocycles. The number of hydrogen-bond acceptors (Lipinski definition) is 0. The van der Waals surface area contributed by atoms with Crippen molar-refractivity contribution < 1.29 is 0 Å². The molecule has 74 valence electrons. The van der Waals surface area contributed by atoms with Crippen LogP contribution in [0.1, 0.15) is 6.42 Å². The summed E-state index contributed by atoms with van der Waals surface area (Å²) in [6.45, 7) is 7.64. The van der Waals surface area contributed by atoms with Crippen LogP contribution in [0.15, 0.2) is 25.3 Å². The molecule has 0 aromatic carbocycles. The molecule has 0 bridgehead atoms. The van der Waals surface area contributed by atoms with Gasteiger partial charge in [0.2, 0.25) is 0 Å². The predicted molar refractivity (Wildman–Crippen MR) is 73.3 cm³/mol. The Morgan fingerprint density at radius 2 is 1.77 bits per heavy atom. The Bertz CT molecular complexity index is 118. The molecule has 0 heterocycles. The Balaban J connectivity index is 0. The summed E-state index contributed by atoms with van der Waals surface area (Å²) in [6.07, 6.45) is 5.69. The van der Waals surface area contributed by atoms with E-state index in [1.807, 2.05) is 0 Å². The van der Waals surface area contributed by atoms with Gasteiger partial charge in [-0.15, -0.1) is 34.7 Å². The van der Waals surface area contributed by atoms with Crippen molar-refractivity contribution in [2.24, 2.45) is 0 Å². The van der Waals surface area contributed by atoms with Crippen LogP contribution in [0.3, 0.4) is 0 Å². The molecule has 0 fully saturated rings. The Labute approximate surface area is 105 Å². The third-order valence-corrected chi connectivity index (χ3v) is 6.65. The summed E-state index contributed by atoms with van der Waals surface area (Å²) in [5.41, 5.74) is 0. The average molecular weight is 274 g/mol. The Morgan fingerprint density at radius 1 is 1.23 bits per heavy atom. The summed E-state index contributed by atoms with van der Waals surface area (Å²) >= 11 is 0.314. The van der Waals surface area contributed by atoms with Gasteiger partial charge in [-0.2, -0.15) is 5.05 Å². The molecule has 0 saturated heterocycles. The van der Waals surface area contributed by atoms with Crippen molar-refractivity contribution >= 4 is 46.1 Å². The number of allylic oxidation sites excluding steroid dienone is 2. The highest BCUT2D eigenvalue weighted by Crippen LogP contribution is 2.11. The smallest absolute Gasteiger partial charge is 0.157 e. The van der Waals surface area contributed by atoms with E-state index in [1.165, 1.54) is 29.1 Å². The van der Waals surface area contributed by atoms with Gasteiger partial charge in [-0.3, -0.25) is 0 Å². The van der Waals surface area contributed by atoms with Gasteiger partial charge in [-0.25, -0.2) is 0 Å². The third-order valence-electron chi connectivity index (χ3n) is 2.22. The van der Waals surface area contributed by atoms with E-state index in [0.717, 1.165) is 0 Å². The molecule has 3 heteroatoms. The first-order valence-electron chi connectivity index (χ1n) is 5.06. The third kappa shape index (κ3) is 10.9. The maximum absolute atomic E-state index is 3.82. The molecule has 0 nitrogen and oxygen atoms in total. The monoisotopic (exact) mass is 272 g/mol. The van der Waals surface area contributed by atoms with Crippen molar-refractivity contribution in [1.29, 1.82) is 0 Å². The largest absolute Gasteiger partial charge is 0.360 e. The van der Waals surface area contributed by atoms with Crippen molar-refractivity contribution in [3.63, 3.8) is 0 Å². The standard InChI is InChI=1S/C9H17Si.CH3.BrH.Mg/c1-4-7-10(8-5-2)9-6-3;;;/h4-5,10H,1-3,6-9H2;1H3;1H;. The quantitative estimate of drug-likeness (QED) is 0.359. The SMILES string of the molecule is Br.C=CC[SiH](CC=C)CC[CH2][Mg][CH3]. The van der Waals surface area contributed by atoms with Gasteiger partial charge in [-0.1, -0.05) is 24.6 Å². The fraction of sp³-hybridized carbons (Fsp3) is 0.600. The van der Waals surface area contributed by atoms with Crippen LogP contribution in [-0.2, 0) is 0 Å². The second kappa shape index (κ2) is 12.9. The normalized spacial score (nSPS) is 8.77. The first kappa shape index (κ1) is 16.4. The summed E-state index contributed by atoms with van der Waals surface area (Å²) in [7, 11) is -0.479.